The van der Waals surface area contributed by atoms with Crippen molar-refractivity contribution in [1.82, 2.24) is 14.5 Å². The second-order valence-electron chi connectivity index (χ2n) is 7.46. The highest BCUT2D eigenvalue weighted by molar-refractivity contribution is 5.94. The summed E-state index contributed by atoms with van der Waals surface area (Å²) < 4.78 is 7.41. The number of aromatic amines is 1. The second kappa shape index (κ2) is 8.87. The number of imidazole rings is 1. The lowest BCUT2D eigenvalue weighted by Crippen LogP contribution is -2.22. The third-order valence-electron chi connectivity index (χ3n) is 5.12. The predicted molar refractivity (Wildman–Crippen MR) is 120 cm³/mol. The number of aryl methyl sites for hydroxylation is 4. The maximum atomic E-state index is 12.3. The van der Waals surface area contributed by atoms with Crippen molar-refractivity contribution in [3.63, 3.8) is 0 Å². The molecule has 2 N–H and O–H groups in total. The van der Waals surface area contributed by atoms with E-state index in [-0.39, 0.29) is 23.7 Å². The van der Waals surface area contributed by atoms with E-state index in [0.29, 0.717) is 5.69 Å². The zero-order valence-electron chi connectivity index (χ0n) is 17.5. The fourth-order valence-corrected chi connectivity index (χ4v) is 3.46. The number of benzene rings is 2. The van der Waals surface area contributed by atoms with Crippen LogP contribution in [0, 0.1) is 6.92 Å². The molecule has 0 radical (unpaired) electrons. The number of anilines is 1. The number of pyridine rings is 1. The summed E-state index contributed by atoms with van der Waals surface area (Å²) in [5.41, 5.74) is 4.19. The number of carbonyl (C=O) groups is 1. The van der Waals surface area contributed by atoms with Crippen molar-refractivity contribution in [2.45, 2.75) is 19.8 Å². The van der Waals surface area contributed by atoms with Gasteiger partial charge in [-0.05, 0) is 37.1 Å². The minimum atomic E-state index is -0.348. The molecule has 0 saturated heterocycles. The van der Waals surface area contributed by atoms with E-state index in [9.17, 15) is 9.59 Å². The molecular weight excluding hydrogens is 392 g/mol. The van der Waals surface area contributed by atoms with Gasteiger partial charge in [0, 0.05) is 37.1 Å². The van der Waals surface area contributed by atoms with Gasteiger partial charge < -0.3 is 19.6 Å². The molecule has 4 rings (SSSR count). The monoisotopic (exact) mass is 416 g/mol. The number of nitrogens with zero attached hydrogens (tertiary/aromatic N) is 2. The Kier molecular flexibility index (Phi) is 5.84. The first-order chi connectivity index (χ1) is 15.0. The summed E-state index contributed by atoms with van der Waals surface area (Å²) in [7, 11) is 2.00. The molecule has 0 spiro atoms. The highest BCUT2D eigenvalue weighted by Crippen LogP contribution is 2.20. The molecule has 0 atom stereocenters. The lowest BCUT2D eigenvalue weighted by Gasteiger charge is -2.07. The fraction of sp³-hybridized carbons (Fsp3) is 0.208. The number of hydrogen-bond acceptors (Lipinski definition) is 4. The Labute approximate surface area is 179 Å². The van der Waals surface area contributed by atoms with Gasteiger partial charge in [0.15, 0.2) is 12.4 Å². The van der Waals surface area contributed by atoms with E-state index < -0.39 is 0 Å². The molecule has 0 unspecified atom stereocenters. The molecule has 2 heterocycles. The van der Waals surface area contributed by atoms with E-state index in [0.717, 1.165) is 35.4 Å². The number of fused-ring (bicyclic) bond motifs is 1. The standard InChI is InChI=1S/C24H24N4O3/c1-16-12-21(29)22(14-25-16)31-15-24(30)26-18-9-10-20-19(13-18)27-23(28(20)2)11-8-17-6-4-3-5-7-17/h3-7,9-10,12-14H,8,11,15H2,1-2H3,(H,25,29)(H,26,30). The zero-order valence-corrected chi connectivity index (χ0v) is 17.5. The van der Waals surface area contributed by atoms with Gasteiger partial charge in [-0.2, -0.15) is 0 Å². The van der Waals surface area contributed by atoms with Crippen LogP contribution in [-0.2, 0) is 24.7 Å². The molecule has 7 heteroatoms. The molecular formula is C24H24N4O3. The molecule has 4 aromatic rings. The molecule has 0 aliphatic heterocycles. The van der Waals surface area contributed by atoms with E-state index in [4.69, 9.17) is 9.72 Å². The SMILES string of the molecule is Cc1cc(=O)c(OCC(=O)Nc2ccc3c(c2)nc(CCc2ccccc2)n3C)c[nH]1. The molecule has 2 aromatic carbocycles. The Morgan fingerprint density at radius 3 is 2.71 bits per heavy atom. The van der Waals surface area contributed by atoms with Gasteiger partial charge >= 0.3 is 0 Å². The molecule has 0 fully saturated rings. The number of H-pyrrole nitrogens is 1. The molecule has 0 saturated carbocycles. The molecule has 1 amide bonds. The first-order valence-corrected chi connectivity index (χ1v) is 10.1. The molecule has 0 bridgehead atoms. The van der Waals surface area contributed by atoms with Crippen molar-refractivity contribution in [3.8, 4) is 5.75 Å². The molecule has 0 aliphatic rings. The maximum Gasteiger partial charge on any atom is 0.262 e. The Hall–Kier alpha value is -3.87. The maximum absolute atomic E-state index is 12.3. The number of nitrogens with one attached hydrogen (secondary N) is 2. The van der Waals surface area contributed by atoms with E-state index in [1.807, 2.05) is 43.4 Å². The zero-order chi connectivity index (χ0) is 21.8. The van der Waals surface area contributed by atoms with Gasteiger partial charge in [0.25, 0.3) is 5.91 Å². The van der Waals surface area contributed by atoms with Crippen molar-refractivity contribution in [2.24, 2.45) is 7.05 Å². The number of aromatic nitrogens is 3. The van der Waals surface area contributed by atoms with Crippen LogP contribution in [0.3, 0.4) is 0 Å². The van der Waals surface area contributed by atoms with Crippen LogP contribution in [0.2, 0.25) is 0 Å². The van der Waals surface area contributed by atoms with Crippen molar-refractivity contribution in [1.29, 1.82) is 0 Å². The van der Waals surface area contributed by atoms with Crippen LogP contribution >= 0.6 is 0 Å². The summed E-state index contributed by atoms with van der Waals surface area (Å²) in [5, 5.41) is 2.80. The Morgan fingerprint density at radius 1 is 1.13 bits per heavy atom. The molecule has 0 aliphatic carbocycles. The lowest BCUT2D eigenvalue weighted by molar-refractivity contribution is -0.118. The minimum absolute atomic E-state index is 0.115. The summed E-state index contributed by atoms with van der Waals surface area (Å²) in [6.07, 6.45) is 3.20. The van der Waals surface area contributed by atoms with Crippen LogP contribution in [0.5, 0.6) is 5.75 Å². The number of amides is 1. The van der Waals surface area contributed by atoms with E-state index in [1.54, 1.807) is 6.92 Å². The average Bonchev–Trinajstić information content (AvgIpc) is 3.07. The first-order valence-electron chi connectivity index (χ1n) is 10.1. The topological polar surface area (TPSA) is 89.0 Å². The van der Waals surface area contributed by atoms with Crippen LogP contribution in [-0.4, -0.2) is 27.0 Å². The minimum Gasteiger partial charge on any atom is -0.478 e. The van der Waals surface area contributed by atoms with Gasteiger partial charge in [-0.1, -0.05) is 30.3 Å². The Balaban J connectivity index is 1.41. The highest BCUT2D eigenvalue weighted by atomic mass is 16.5. The number of hydrogen-bond donors (Lipinski definition) is 2. The average molecular weight is 416 g/mol. The second-order valence-corrected chi connectivity index (χ2v) is 7.46. The van der Waals surface area contributed by atoms with Crippen LogP contribution in [0.15, 0.2) is 65.6 Å². The van der Waals surface area contributed by atoms with Gasteiger partial charge in [-0.3, -0.25) is 9.59 Å². The summed E-state index contributed by atoms with van der Waals surface area (Å²) in [4.78, 5) is 31.7. The van der Waals surface area contributed by atoms with Crippen LogP contribution in [0.1, 0.15) is 17.1 Å². The van der Waals surface area contributed by atoms with Crippen molar-refractivity contribution >= 4 is 22.6 Å². The van der Waals surface area contributed by atoms with Crippen molar-refractivity contribution in [2.75, 3.05) is 11.9 Å². The lowest BCUT2D eigenvalue weighted by atomic mass is 10.1. The normalized spacial score (nSPS) is 10.9. The summed E-state index contributed by atoms with van der Waals surface area (Å²) in [5.74, 6) is 0.757. The molecule has 7 nitrogen and oxygen atoms in total. The molecule has 2 aromatic heterocycles. The number of carbonyl (C=O) groups excluding carboxylic acids is 1. The van der Waals surface area contributed by atoms with Gasteiger partial charge in [-0.15, -0.1) is 0 Å². The van der Waals surface area contributed by atoms with Crippen molar-refractivity contribution in [3.05, 3.63) is 88.1 Å². The Morgan fingerprint density at radius 2 is 1.94 bits per heavy atom. The largest absolute Gasteiger partial charge is 0.478 e. The molecule has 31 heavy (non-hydrogen) atoms. The number of rotatable bonds is 7. The highest BCUT2D eigenvalue weighted by Gasteiger charge is 2.11. The quantitative estimate of drug-likeness (QED) is 0.483. The molecule has 158 valence electrons. The van der Waals surface area contributed by atoms with E-state index in [2.05, 4.69) is 27.0 Å². The summed E-state index contributed by atoms with van der Waals surface area (Å²) >= 11 is 0. The fourth-order valence-electron chi connectivity index (χ4n) is 3.46. The summed E-state index contributed by atoms with van der Waals surface area (Å²) in [6, 6.07) is 17.4. The summed E-state index contributed by atoms with van der Waals surface area (Å²) in [6.45, 7) is 1.52. The van der Waals surface area contributed by atoms with E-state index >= 15 is 0 Å². The van der Waals surface area contributed by atoms with Gasteiger partial charge in [0.2, 0.25) is 5.43 Å². The van der Waals surface area contributed by atoms with Crippen LogP contribution in [0.25, 0.3) is 11.0 Å². The predicted octanol–water partition coefficient (Wildman–Crippen LogP) is 3.37. The van der Waals surface area contributed by atoms with Gasteiger partial charge in [0.1, 0.15) is 5.82 Å². The smallest absolute Gasteiger partial charge is 0.262 e. The Bertz CT molecular complexity index is 1280. The third kappa shape index (κ3) is 4.83. The van der Waals surface area contributed by atoms with Crippen LogP contribution < -0.4 is 15.5 Å². The van der Waals surface area contributed by atoms with Gasteiger partial charge in [-0.25, -0.2) is 4.98 Å². The van der Waals surface area contributed by atoms with E-state index in [1.165, 1.54) is 17.8 Å². The van der Waals surface area contributed by atoms with Crippen molar-refractivity contribution < 1.29 is 9.53 Å². The third-order valence-corrected chi connectivity index (χ3v) is 5.12. The van der Waals surface area contributed by atoms with Gasteiger partial charge in [0.05, 0.1) is 11.0 Å². The number of ether oxygens (including phenoxy) is 1. The van der Waals surface area contributed by atoms with Crippen LogP contribution in [0.4, 0.5) is 5.69 Å². The first kappa shape index (κ1) is 20.4.